The molecule has 0 radical (unpaired) electrons. The normalized spacial score (nSPS) is 9.69. The summed E-state index contributed by atoms with van der Waals surface area (Å²) >= 11 is 17.9. The molecule has 0 spiro atoms. The zero-order valence-corrected chi connectivity index (χ0v) is 10.4. The van der Waals surface area contributed by atoms with Gasteiger partial charge in [-0.25, -0.2) is 0 Å². The van der Waals surface area contributed by atoms with E-state index in [0.29, 0.717) is 15.1 Å². The molecule has 2 aromatic rings. The molecule has 0 saturated heterocycles. The monoisotopic (exact) mass is 274 g/mol. The average molecular weight is 276 g/mol. The van der Waals surface area contributed by atoms with Crippen molar-refractivity contribution in [3.63, 3.8) is 0 Å². The number of hydrogen-bond acceptors (Lipinski definition) is 0. The van der Waals surface area contributed by atoms with Crippen molar-refractivity contribution in [3.05, 3.63) is 57.5 Å². The van der Waals surface area contributed by atoms with Crippen LogP contribution in [0, 0.1) is 0 Å². The van der Waals surface area contributed by atoms with Crippen molar-refractivity contribution in [3.8, 4) is 11.1 Å². The fourth-order valence-corrected chi connectivity index (χ4v) is 2.01. The molecule has 0 aromatic heterocycles. The van der Waals surface area contributed by atoms with Gasteiger partial charge in [0.2, 0.25) is 0 Å². The summed E-state index contributed by atoms with van der Waals surface area (Å²) in [6.45, 7) is 0. The summed E-state index contributed by atoms with van der Waals surface area (Å²) in [5.41, 5.74) is 1.92. The Bertz CT molecular complexity index is 483. The number of hydrogen-bond donors (Lipinski definition) is 0. The van der Waals surface area contributed by atoms with E-state index in [0.717, 1.165) is 11.1 Å². The van der Waals surface area contributed by atoms with Gasteiger partial charge in [0.25, 0.3) is 0 Å². The Morgan fingerprint density at radius 1 is 0.688 bits per heavy atom. The highest BCUT2D eigenvalue weighted by Crippen LogP contribution is 2.37. The molecule has 0 aliphatic rings. The van der Waals surface area contributed by atoms with Crippen molar-refractivity contribution < 1.29 is 5.48 Å². The molecule has 16 heavy (non-hydrogen) atoms. The smallest absolute Gasteiger partial charge is 0.0784 e. The van der Waals surface area contributed by atoms with Gasteiger partial charge in [0, 0.05) is 5.56 Å². The quantitative estimate of drug-likeness (QED) is 0.687. The van der Waals surface area contributed by atoms with E-state index in [-0.39, 0.29) is 5.48 Å². The average Bonchev–Trinajstić information content (AvgIpc) is 2.27. The summed E-state index contributed by atoms with van der Waals surface area (Å²) in [6, 6.07) is 13.4. The van der Waals surface area contributed by atoms with Gasteiger partial charge in [-0.05, 0) is 11.6 Å². The maximum Gasteiger partial charge on any atom is 0.0784 e. The lowest BCUT2D eigenvalue weighted by Crippen LogP contribution is -1.81. The van der Waals surface area contributed by atoms with E-state index in [4.69, 9.17) is 34.8 Å². The Hall–Kier alpha value is -0.730. The molecule has 2 aromatic carbocycles. The second kappa shape index (κ2) is 5.55. The van der Waals surface area contributed by atoms with E-state index in [1.54, 1.807) is 6.07 Å². The van der Waals surface area contributed by atoms with Crippen LogP contribution in [0.3, 0.4) is 0 Å². The molecule has 0 bridgehead atoms. The van der Waals surface area contributed by atoms with Gasteiger partial charge >= 0.3 is 0 Å². The summed E-state index contributed by atoms with van der Waals surface area (Å²) in [7, 11) is 0. The predicted octanol–water partition coefficient (Wildman–Crippen LogP) is 4.49. The van der Waals surface area contributed by atoms with Gasteiger partial charge in [-0.15, -0.1) is 0 Å². The first kappa shape index (κ1) is 13.3. The first-order chi connectivity index (χ1) is 7.20. The van der Waals surface area contributed by atoms with Crippen molar-refractivity contribution >= 4 is 34.8 Å². The largest absolute Gasteiger partial charge is 0.412 e. The zero-order valence-electron chi connectivity index (χ0n) is 8.18. The molecule has 2 N–H and O–H groups in total. The van der Waals surface area contributed by atoms with E-state index in [9.17, 15) is 0 Å². The van der Waals surface area contributed by atoms with Crippen LogP contribution in [0.15, 0.2) is 42.5 Å². The Morgan fingerprint density at radius 3 is 1.94 bits per heavy atom. The molecule has 0 heterocycles. The number of rotatable bonds is 1. The van der Waals surface area contributed by atoms with Crippen LogP contribution in [0.2, 0.25) is 15.1 Å². The Kier molecular flexibility index (Phi) is 4.63. The first-order valence-electron chi connectivity index (χ1n) is 4.39. The van der Waals surface area contributed by atoms with E-state index in [2.05, 4.69) is 0 Å². The lowest BCUT2D eigenvalue weighted by molar-refractivity contribution is 0.824. The van der Waals surface area contributed by atoms with Crippen LogP contribution in [-0.2, 0) is 0 Å². The Balaban J connectivity index is 0.00000128. The van der Waals surface area contributed by atoms with Crippen molar-refractivity contribution in [1.82, 2.24) is 0 Å². The second-order valence-corrected chi connectivity index (χ2v) is 4.25. The van der Waals surface area contributed by atoms with Crippen molar-refractivity contribution in [2.45, 2.75) is 0 Å². The predicted molar refractivity (Wildman–Crippen MR) is 70.5 cm³/mol. The molecule has 0 atom stereocenters. The first-order valence-corrected chi connectivity index (χ1v) is 5.52. The van der Waals surface area contributed by atoms with Gasteiger partial charge in [0.1, 0.15) is 0 Å². The van der Waals surface area contributed by atoms with E-state index >= 15 is 0 Å². The number of benzene rings is 2. The van der Waals surface area contributed by atoms with Crippen molar-refractivity contribution in [2.24, 2.45) is 0 Å². The minimum Gasteiger partial charge on any atom is -0.412 e. The lowest BCUT2D eigenvalue weighted by Gasteiger charge is -2.06. The fraction of sp³-hybridized carbons (Fsp3) is 0. The minimum absolute atomic E-state index is 0. The molecule has 0 saturated carbocycles. The maximum absolute atomic E-state index is 6.12. The van der Waals surface area contributed by atoms with Gasteiger partial charge in [0.15, 0.2) is 0 Å². The van der Waals surface area contributed by atoms with Crippen molar-refractivity contribution in [1.29, 1.82) is 0 Å². The van der Waals surface area contributed by atoms with Crippen LogP contribution in [-0.4, -0.2) is 5.48 Å². The third kappa shape index (κ3) is 2.50. The SMILES string of the molecule is Clc1ccc(-c2ccccc2)c(Cl)c1Cl.O. The molecule has 0 aliphatic carbocycles. The van der Waals surface area contributed by atoms with Gasteiger partial charge in [-0.2, -0.15) is 0 Å². The molecule has 1 nitrogen and oxygen atoms in total. The molecular formula is C12H9Cl3O. The Morgan fingerprint density at radius 2 is 1.31 bits per heavy atom. The summed E-state index contributed by atoms with van der Waals surface area (Å²) in [5, 5.41) is 1.37. The van der Waals surface area contributed by atoms with E-state index < -0.39 is 0 Å². The standard InChI is InChI=1S/C12H7Cl3.H2O/c13-10-7-6-9(11(14)12(10)15)8-4-2-1-3-5-8;/h1-7H;1H2. The third-order valence-electron chi connectivity index (χ3n) is 2.12. The zero-order chi connectivity index (χ0) is 10.8. The summed E-state index contributed by atoms with van der Waals surface area (Å²) in [4.78, 5) is 0. The molecule has 0 unspecified atom stereocenters. The van der Waals surface area contributed by atoms with Crippen LogP contribution >= 0.6 is 34.8 Å². The van der Waals surface area contributed by atoms with Crippen LogP contribution in [0.25, 0.3) is 11.1 Å². The molecule has 84 valence electrons. The number of halogens is 3. The third-order valence-corrected chi connectivity index (χ3v) is 3.41. The van der Waals surface area contributed by atoms with Gasteiger partial charge in [-0.3, -0.25) is 0 Å². The topological polar surface area (TPSA) is 31.5 Å². The van der Waals surface area contributed by atoms with Crippen molar-refractivity contribution in [2.75, 3.05) is 0 Å². The van der Waals surface area contributed by atoms with Gasteiger partial charge in [-0.1, -0.05) is 71.2 Å². The molecule has 4 heteroatoms. The van der Waals surface area contributed by atoms with E-state index in [1.165, 1.54) is 0 Å². The summed E-state index contributed by atoms with van der Waals surface area (Å²) in [5.74, 6) is 0. The highest BCUT2D eigenvalue weighted by atomic mass is 35.5. The molecular weight excluding hydrogens is 266 g/mol. The van der Waals surface area contributed by atoms with Crippen LogP contribution in [0.1, 0.15) is 0 Å². The van der Waals surface area contributed by atoms with Gasteiger partial charge in [0.05, 0.1) is 15.1 Å². The van der Waals surface area contributed by atoms with E-state index in [1.807, 2.05) is 36.4 Å². The second-order valence-electron chi connectivity index (χ2n) is 3.09. The summed E-state index contributed by atoms with van der Waals surface area (Å²) < 4.78 is 0. The highest BCUT2D eigenvalue weighted by molar-refractivity contribution is 6.49. The van der Waals surface area contributed by atoms with Crippen LogP contribution in [0.4, 0.5) is 0 Å². The molecule has 0 amide bonds. The lowest BCUT2D eigenvalue weighted by atomic mass is 10.1. The minimum atomic E-state index is 0. The molecule has 0 aliphatic heterocycles. The summed E-state index contributed by atoms with van der Waals surface area (Å²) in [6.07, 6.45) is 0. The molecule has 0 fully saturated rings. The highest BCUT2D eigenvalue weighted by Gasteiger charge is 2.09. The fourth-order valence-electron chi connectivity index (χ4n) is 1.37. The maximum atomic E-state index is 6.12. The Labute approximate surface area is 109 Å². The van der Waals surface area contributed by atoms with Crippen LogP contribution in [0.5, 0.6) is 0 Å². The van der Waals surface area contributed by atoms with Gasteiger partial charge < -0.3 is 5.48 Å². The van der Waals surface area contributed by atoms with Crippen LogP contribution < -0.4 is 0 Å². The molecule has 2 rings (SSSR count).